The third-order valence-corrected chi connectivity index (χ3v) is 1.67. The first-order valence-electron chi connectivity index (χ1n) is 4.36. The molecule has 0 aliphatic rings. The average Bonchev–Trinajstić information content (AvgIpc) is 2.03. The highest BCUT2D eigenvalue weighted by molar-refractivity contribution is 5.23. The van der Waals surface area contributed by atoms with Crippen molar-refractivity contribution in [1.82, 2.24) is 4.98 Å². The maximum atomic E-state index is 8.55. The van der Waals surface area contributed by atoms with E-state index in [0.717, 1.165) is 6.42 Å². The standard InChI is InChI=1S/C11H14N2/c1-11(2,3)6-9-4-5-10(7-12)13-8-9/h4-5,8H,6H2,1-3H3. The van der Waals surface area contributed by atoms with Crippen LogP contribution in [-0.4, -0.2) is 4.98 Å². The maximum Gasteiger partial charge on any atom is 0.140 e. The highest BCUT2D eigenvalue weighted by atomic mass is 14.7. The quantitative estimate of drug-likeness (QED) is 0.656. The van der Waals surface area contributed by atoms with Crippen LogP contribution in [0.15, 0.2) is 18.3 Å². The number of nitriles is 1. The van der Waals surface area contributed by atoms with Gasteiger partial charge >= 0.3 is 0 Å². The van der Waals surface area contributed by atoms with Gasteiger partial charge in [-0.25, -0.2) is 4.98 Å². The number of aromatic nitrogens is 1. The molecule has 0 atom stereocenters. The molecular weight excluding hydrogens is 160 g/mol. The summed E-state index contributed by atoms with van der Waals surface area (Å²) in [6.45, 7) is 6.56. The van der Waals surface area contributed by atoms with Gasteiger partial charge in [0.25, 0.3) is 0 Å². The van der Waals surface area contributed by atoms with Gasteiger partial charge in [-0.3, -0.25) is 0 Å². The summed E-state index contributed by atoms with van der Waals surface area (Å²) in [5, 5.41) is 8.55. The first kappa shape index (κ1) is 9.73. The summed E-state index contributed by atoms with van der Waals surface area (Å²) in [4.78, 5) is 4.02. The lowest BCUT2D eigenvalue weighted by Crippen LogP contribution is -2.09. The first-order chi connectivity index (χ1) is 6.01. The SMILES string of the molecule is CC(C)(C)Cc1ccc(C#N)nc1. The van der Waals surface area contributed by atoms with Crippen molar-refractivity contribution in [2.45, 2.75) is 27.2 Å². The van der Waals surface area contributed by atoms with Crippen LogP contribution in [0, 0.1) is 16.7 Å². The number of pyridine rings is 1. The summed E-state index contributed by atoms with van der Waals surface area (Å²) >= 11 is 0. The van der Waals surface area contributed by atoms with Crippen LogP contribution < -0.4 is 0 Å². The van der Waals surface area contributed by atoms with Gasteiger partial charge in [0.2, 0.25) is 0 Å². The molecule has 0 spiro atoms. The van der Waals surface area contributed by atoms with Gasteiger partial charge in [-0.2, -0.15) is 5.26 Å². The predicted molar refractivity (Wildman–Crippen MR) is 52.1 cm³/mol. The molecule has 0 N–H and O–H groups in total. The average molecular weight is 174 g/mol. The van der Waals surface area contributed by atoms with E-state index in [1.165, 1.54) is 5.56 Å². The van der Waals surface area contributed by atoms with E-state index in [1.807, 2.05) is 12.1 Å². The van der Waals surface area contributed by atoms with E-state index in [0.29, 0.717) is 5.69 Å². The number of hydrogen-bond donors (Lipinski definition) is 0. The lowest BCUT2D eigenvalue weighted by atomic mass is 9.89. The molecule has 1 heterocycles. The van der Waals surface area contributed by atoms with Crippen LogP contribution in [0.3, 0.4) is 0 Å². The second-order valence-electron chi connectivity index (χ2n) is 4.40. The molecule has 0 radical (unpaired) electrons. The Kier molecular flexibility index (Phi) is 2.67. The second kappa shape index (κ2) is 3.57. The number of nitrogens with zero attached hydrogens (tertiary/aromatic N) is 2. The minimum Gasteiger partial charge on any atom is -0.245 e. The van der Waals surface area contributed by atoms with Crippen molar-refractivity contribution in [2.24, 2.45) is 5.41 Å². The molecule has 1 aromatic heterocycles. The van der Waals surface area contributed by atoms with E-state index in [4.69, 9.17) is 5.26 Å². The molecule has 0 fully saturated rings. The van der Waals surface area contributed by atoms with Crippen molar-refractivity contribution < 1.29 is 0 Å². The molecule has 1 rings (SSSR count). The Morgan fingerprint density at radius 1 is 1.38 bits per heavy atom. The predicted octanol–water partition coefficient (Wildman–Crippen LogP) is 2.54. The van der Waals surface area contributed by atoms with Gasteiger partial charge < -0.3 is 0 Å². The molecule has 0 aromatic carbocycles. The Labute approximate surface area is 79.2 Å². The van der Waals surface area contributed by atoms with Gasteiger partial charge in [-0.05, 0) is 23.5 Å². The smallest absolute Gasteiger partial charge is 0.140 e. The molecule has 1 aromatic rings. The summed E-state index contributed by atoms with van der Waals surface area (Å²) in [7, 11) is 0. The normalized spacial score (nSPS) is 10.9. The third kappa shape index (κ3) is 3.25. The first-order valence-corrected chi connectivity index (χ1v) is 4.36. The molecule has 13 heavy (non-hydrogen) atoms. The minimum atomic E-state index is 0.274. The van der Waals surface area contributed by atoms with Crippen LogP contribution in [0.2, 0.25) is 0 Å². The Bertz CT molecular complexity index is 311. The van der Waals surface area contributed by atoms with Gasteiger partial charge in [0.1, 0.15) is 11.8 Å². The monoisotopic (exact) mass is 174 g/mol. The molecule has 0 aliphatic carbocycles. The van der Waals surface area contributed by atoms with Crippen molar-refractivity contribution in [3.8, 4) is 6.07 Å². The fourth-order valence-corrected chi connectivity index (χ4v) is 1.21. The highest BCUT2D eigenvalue weighted by Gasteiger charge is 2.10. The third-order valence-electron chi connectivity index (χ3n) is 1.67. The van der Waals surface area contributed by atoms with Crippen LogP contribution in [0.25, 0.3) is 0 Å². The van der Waals surface area contributed by atoms with Crippen molar-refractivity contribution in [3.05, 3.63) is 29.6 Å². The molecule has 0 unspecified atom stereocenters. The van der Waals surface area contributed by atoms with E-state index >= 15 is 0 Å². The molecule has 0 saturated heterocycles. The Balaban J connectivity index is 2.77. The molecular formula is C11H14N2. The molecule has 0 saturated carbocycles. The van der Waals surface area contributed by atoms with E-state index in [9.17, 15) is 0 Å². The summed E-state index contributed by atoms with van der Waals surface area (Å²) in [6, 6.07) is 5.74. The second-order valence-corrected chi connectivity index (χ2v) is 4.40. The largest absolute Gasteiger partial charge is 0.245 e. The van der Waals surface area contributed by atoms with Gasteiger partial charge in [0.15, 0.2) is 0 Å². The lowest BCUT2D eigenvalue weighted by molar-refractivity contribution is 0.410. The highest BCUT2D eigenvalue weighted by Crippen LogP contribution is 2.19. The molecule has 0 amide bonds. The Hall–Kier alpha value is -1.36. The Morgan fingerprint density at radius 2 is 2.08 bits per heavy atom. The van der Waals surface area contributed by atoms with Gasteiger partial charge in [0, 0.05) is 6.20 Å². The Morgan fingerprint density at radius 3 is 2.46 bits per heavy atom. The van der Waals surface area contributed by atoms with E-state index < -0.39 is 0 Å². The molecule has 2 heteroatoms. The molecule has 2 nitrogen and oxygen atoms in total. The van der Waals surface area contributed by atoms with Crippen LogP contribution in [-0.2, 0) is 6.42 Å². The summed E-state index contributed by atoms with van der Waals surface area (Å²) in [5.41, 5.74) is 1.94. The summed E-state index contributed by atoms with van der Waals surface area (Å²) < 4.78 is 0. The number of hydrogen-bond acceptors (Lipinski definition) is 2. The number of rotatable bonds is 1. The van der Waals surface area contributed by atoms with Crippen LogP contribution in [0.4, 0.5) is 0 Å². The van der Waals surface area contributed by atoms with Gasteiger partial charge in [-0.1, -0.05) is 26.8 Å². The molecule has 68 valence electrons. The zero-order valence-corrected chi connectivity index (χ0v) is 8.33. The fraction of sp³-hybridized carbons (Fsp3) is 0.455. The van der Waals surface area contributed by atoms with E-state index in [1.54, 1.807) is 12.3 Å². The summed E-state index contributed by atoms with van der Waals surface area (Å²) in [6.07, 6.45) is 2.77. The lowest BCUT2D eigenvalue weighted by Gasteiger charge is -2.17. The fourth-order valence-electron chi connectivity index (χ4n) is 1.21. The zero-order valence-electron chi connectivity index (χ0n) is 8.33. The molecule has 0 bridgehead atoms. The topological polar surface area (TPSA) is 36.7 Å². The van der Waals surface area contributed by atoms with Crippen molar-refractivity contribution in [3.63, 3.8) is 0 Å². The van der Waals surface area contributed by atoms with Crippen LogP contribution in [0.1, 0.15) is 32.0 Å². The zero-order chi connectivity index (χ0) is 9.90. The summed E-state index contributed by atoms with van der Waals surface area (Å²) in [5.74, 6) is 0. The van der Waals surface area contributed by atoms with Crippen molar-refractivity contribution in [2.75, 3.05) is 0 Å². The maximum absolute atomic E-state index is 8.55. The van der Waals surface area contributed by atoms with E-state index in [2.05, 4.69) is 25.8 Å². The van der Waals surface area contributed by atoms with Gasteiger partial charge in [0.05, 0.1) is 0 Å². The van der Waals surface area contributed by atoms with Crippen LogP contribution in [0.5, 0.6) is 0 Å². The molecule has 0 aliphatic heterocycles. The van der Waals surface area contributed by atoms with E-state index in [-0.39, 0.29) is 5.41 Å². The van der Waals surface area contributed by atoms with Crippen molar-refractivity contribution >= 4 is 0 Å². The van der Waals surface area contributed by atoms with Gasteiger partial charge in [-0.15, -0.1) is 0 Å². The van der Waals surface area contributed by atoms with Crippen LogP contribution >= 0.6 is 0 Å². The minimum absolute atomic E-state index is 0.274. The van der Waals surface area contributed by atoms with Crippen molar-refractivity contribution in [1.29, 1.82) is 5.26 Å².